The molecule has 1 aromatic rings. The molecule has 1 aliphatic carbocycles. The van der Waals surface area contributed by atoms with Crippen molar-refractivity contribution in [3.8, 4) is 5.75 Å². The van der Waals surface area contributed by atoms with Crippen LogP contribution in [0.3, 0.4) is 0 Å². The van der Waals surface area contributed by atoms with Crippen LogP contribution in [-0.2, 0) is 6.42 Å². The molecule has 0 aliphatic heterocycles. The summed E-state index contributed by atoms with van der Waals surface area (Å²) in [6.45, 7) is 0. The Kier molecular flexibility index (Phi) is 2.73. The first-order valence-electron chi connectivity index (χ1n) is 5.21. The van der Waals surface area contributed by atoms with Crippen LogP contribution < -0.4 is 0 Å². The number of aliphatic hydroxyl groups is 1. The Morgan fingerprint density at radius 2 is 1.86 bits per heavy atom. The minimum absolute atomic E-state index is 0.121. The second-order valence-corrected chi connectivity index (χ2v) is 4.11. The molecule has 1 fully saturated rings. The Labute approximate surface area is 84.2 Å². The van der Waals surface area contributed by atoms with Crippen molar-refractivity contribution in [2.75, 3.05) is 0 Å². The van der Waals surface area contributed by atoms with Crippen molar-refractivity contribution in [2.24, 2.45) is 5.92 Å². The lowest BCUT2D eigenvalue weighted by Crippen LogP contribution is -2.09. The molecule has 1 saturated carbocycles. The van der Waals surface area contributed by atoms with Crippen LogP contribution in [0.15, 0.2) is 24.3 Å². The standard InChI is InChI=1S/C12H16O2/c13-11-6-1-9(2-7-11)3-8-12(14)10-4-5-10/h1-2,6-7,10,12-14H,3-5,8H2. The Hall–Kier alpha value is -1.02. The van der Waals surface area contributed by atoms with Gasteiger partial charge in [-0.05, 0) is 49.3 Å². The molecular formula is C12H16O2. The van der Waals surface area contributed by atoms with E-state index in [9.17, 15) is 5.11 Å². The third kappa shape index (κ3) is 2.48. The van der Waals surface area contributed by atoms with Crippen molar-refractivity contribution in [3.63, 3.8) is 0 Å². The third-order valence-corrected chi connectivity index (χ3v) is 2.83. The van der Waals surface area contributed by atoms with Crippen LogP contribution in [0.2, 0.25) is 0 Å². The minimum Gasteiger partial charge on any atom is -0.508 e. The Balaban J connectivity index is 1.82. The molecule has 2 N–H and O–H groups in total. The van der Waals surface area contributed by atoms with E-state index in [4.69, 9.17) is 5.11 Å². The molecule has 2 nitrogen and oxygen atoms in total. The first kappa shape index (κ1) is 9.53. The van der Waals surface area contributed by atoms with Crippen LogP contribution in [-0.4, -0.2) is 16.3 Å². The van der Waals surface area contributed by atoms with Crippen LogP contribution in [0.5, 0.6) is 5.75 Å². The number of aromatic hydroxyl groups is 1. The number of aliphatic hydroxyl groups excluding tert-OH is 1. The fourth-order valence-corrected chi connectivity index (χ4v) is 1.69. The van der Waals surface area contributed by atoms with E-state index in [0.29, 0.717) is 11.7 Å². The molecular weight excluding hydrogens is 176 g/mol. The number of hydrogen-bond acceptors (Lipinski definition) is 2. The lowest BCUT2D eigenvalue weighted by atomic mass is 10.0. The molecule has 1 aromatic carbocycles. The van der Waals surface area contributed by atoms with Crippen molar-refractivity contribution in [1.82, 2.24) is 0 Å². The molecule has 14 heavy (non-hydrogen) atoms. The van der Waals surface area contributed by atoms with Crippen LogP contribution >= 0.6 is 0 Å². The molecule has 2 heteroatoms. The van der Waals surface area contributed by atoms with Gasteiger partial charge in [-0.25, -0.2) is 0 Å². The van der Waals surface area contributed by atoms with Gasteiger partial charge in [0.2, 0.25) is 0 Å². The largest absolute Gasteiger partial charge is 0.508 e. The number of benzene rings is 1. The summed E-state index contributed by atoms with van der Waals surface area (Å²) in [4.78, 5) is 0. The van der Waals surface area contributed by atoms with Gasteiger partial charge in [-0.3, -0.25) is 0 Å². The molecule has 0 saturated heterocycles. The average Bonchev–Trinajstić information content (AvgIpc) is 3.00. The number of rotatable bonds is 4. The zero-order chi connectivity index (χ0) is 9.97. The van der Waals surface area contributed by atoms with E-state index in [1.54, 1.807) is 12.1 Å². The highest BCUT2D eigenvalue weighted by Gasteiger charge is 2.28. The topological polar surface area (TPSA) is 40.5 Å². The first-order chi connectivity index (χ1) is 6.75. The normalized spacial score (nSPS) is 18.1. The van der Waals surface area contributed by atoms with E-state index in [-0.39, 0.29) is 6.10 Å². The fraction of sp³-hybridized carbons (Fsp3) is 0.500. The maximum absolute atomic E-state index is 9.66. The van der Waals surface area contributed by atoms with E-state index in [2.05, 4.69) is 0 Å². The molecule has 0 bridgehead atoms. The van der Waals surface area contributed by atoms with E-state index in [1.165, 1.54) is 18.4 Å². The lowest BCUT2D eigenvalue weighted by Gasteiger charge is -2.08. The lowest BCUT2D eigenvalue weighted by molar-refractivity contribution is 0.142. The Morgan fingerprint density at radius 1 is 1.21 bits per heavy atom. The van der Waals surface area contributed by atoms with Gasteiger partial charge in [0.25, 0.3) is 0 Å². The predicted octanol–water partition coefficient (Wildman–Crippen LogP) is 2.10. The summed E-state index contributed by atoms with van der Waals surface area (Å²) >= 11 is 0. The van der Waals surface area contributed by atoms with Crippen LogP contribution in [0.25, 0.3) is 0 Å². The zero-order valence-electron chi connectivity index (χ0n) is 8.19. The summed E-state index contributed by atoms with van der Waals surface area (Å²) < 4.78 is 0. The summed E-state index contributed by atoms with van der Waals surface area (Å²) in [5.41, 5.74) is 1.18. The summed E-state index contributed by atoms with van der Waals surface area (Å²) in [6.07, 6.45) is 4.00. The number of hydrogen-bond donors (Lipinski definition) is 2. The number of aryl methyl sites for hydroxylation is 1. The molecule has 2 rings (SSSR count). The minimum atomic E-state index is -0.121. The molecule has 0 spiro atoms. The van der Waals surface area contributed by atoms with Gasteiger partial charge in [-0.15, -0.1) is 0 Å². The molecule has 1 aliphatic rings. The molecule has 1 atom stereocenters. The van der Waals surface area contributed by atoms with Crippen molar-refractivity contribution < 1.29 is 10.2 Å². The molecule has 0 aromatic heterocycles. The van der Waals surface area contributed by atoms with E-state index in [1.807, 2.05) is 12.1 Å². The molecule has 1 unspecified atom stereocenters. The van der Waals surface area contributed by atoms with Gasteiger partial charge in [-0.1, -0.05) is 12.1 Å². The van der Waals surface area contributed by atoms with Gasteiger partial charge < -0.3 is 10.2 Å². The predicted molar refractivity (Wildman–Crippen MR) is 55.2 cm³/mol. The maximum atomic E-state index is 9.66. The van der Waals surface area contributed by atoms with Gasteiger partial charge in [0.1, 0.15) is 5.75 Å². The van der Waals surface area contributed by atoms with Gasteiger partial charge in [0.05, 0.1) is 6.10 Å². The maximum Gasteiger partial charge on any atom is 0.115 e. The van der Waals surface area contributed by atoms with Gasteiger partial charge in [0.15, 0.2) is 0 Å². The smallest absolute Gasteiger partial charge is 0.115 e. The Morgan fingerprint density at radius 3 is 2.43 bits per heavy atom. The van der Waals surface area contributed by atoms with E-state index >= 15 is 0 Å². The molecule has 0 amide bonds. The quantitative estimate of drug-likeness (QED) is 0.767. The summed E-state index contributed by atoms with van der Waals surface area (Å²) in [7, 11) is 0. The average molecular weight is 192 g/mol. The summed E-state index contributed by atoms with van der Waals surface area (Å²) in [5.74, 6) is 0.864. The van der Waals surface area contributed by atoms with Gasteiger partial charge in [0, 0.05) is 0 Å². The second-order valence-electron chi connectivity index (χ2n) is 4.11. The van der Waals surface area contributed by atoms with Gasteiger partial charge in [-0.2, -0.15) is 0 Å². The molecule has 76 valence electrons. The highest BCUT2D eigenvalue weighted by Crippen LogP contribution is 2.34. The first-order valence-corrected chi connectivity index (χ1v) is 5.21. The summed E-state index contributed by atoms with van der Waals surface area (Å²) in [5, 5.41) is 18.7. The van der Waals surface area contributed by atoms with Crippen molar-refractivity contribution in [1.29, 1.82) is 0 Å². The SMILES string of the molecule is Oc1ccc(CCC(O)C2CC2)cc1. The van der Waals surface area contributed by atoms with Crippen LogP contribution in [0.4, 0.5) is 0 Å². The third-order valence-electron chi connectivity index (χ3n) is 2.83. The van der Waals surface area contributed by atoms with Crippen molar-refractivity contribution >= 4 is 0 Å². The van der Waals surface area contributed by atoms with Crippen LogP contribution in [0.1, 0.15) is 24.8 Å². The van der Waals surface area contributed by atoms with E-state index < -0.39 is 0 Å². The Bertz CT molecular complexity index is 288. The molecule has 0 radical (unpaired) electrons. The van der Waals surface area contributed by atoms with E-state index in [0.717, 1.165) is 12.8 Å². The second kappa shape index (κ2) is 4.01. The van der Waals surface area contributed by atoms with Crippen molar-refractivity contribution in [2.45, 2.75) is 31.8 Å². The highest BCUT2D eigenvalue weighted by atomic mass is 16.3. The number of phenolic OH excluding ortho intramolecular Hbond substituents is 1. The summed E-state index contributed by atoms with van der Waals surface area (Å²) in [6, 6.07) is 7.21. The fourth-order valence-electron chi connectivity index (χ4n) is 1.69. The molecule has 0 heterocycles. The van der Waals surface area contributed by atoms with Crippen LogP contribution in [0, 0.1) is 5.92 Å². The van der Waals surface area contributed by atoms with Gasteiger partial charge >= 0.3 is 0 Å². The van der Waals surface area contributed by atoms with Crippen molar-refractivity contribution in [3.05, 3.63) is 29.8 Å². The zero-order valence-corrected chi connectivity index (χ0v) is 8.19. The monoisotopic (exact) mass is 192 g/mol. The highest BCUT2D eigenvalue weighted by molar-refractivity contribution is 5.25. The number of phenols is 1.